The quantitative estimate of drug-likeness (QED) is 0.338. The van der Waals surface area contributed by atoms with Gasteiger partial charge in [0.15, 0.2) is 0 Å². The smallest absolute Gasteiger partial charge is 0.309 e. The second-order valence-electron chi connectivity index (χ2n) is 3.12. The van der Waals surface area contributed by atoms with E-state index in [0.29, 0.717) is 13.0 Å². The Labute approximate surface area is 86.6 Å². The fourth-order valence-corrected chi connectivity index (χ4v) is 0.952. The highest BCUT2D eigenvalue weighted by Gasteiger charge is 1.96. The third kappa shape index (κ3) is 9.04. The topological polar surface area (TPSA) is 26.3 Å². The molecule has 0 amide bonds. The second-order valence-corrected chi connectivity index (χ2v) is 3.12. The van der Waals surface area contributed by atoms with Crippen LogP contribution >= 0.6 is 0 Å². The van der Waals surface area contributed by atoms with E-state index in [1.165, 1.54) is 0 Å². The summed E-state index contributed by atoms with van der Waals surface area (Å²) in [5.41, 5.74) is 0. The Morgan fingerprint density at radius 1 is 1.36 bits per heavy atom. The van der Waals surface area contributed by atoms with Gasteiger partial charge in [0.25, 0.3) is 0 Å². The molecule has 0 spiro atoms. The van der Waals surface area contributed by atoms with Crippen LogP contribution in [0.5, 0.6) is 0 Å². The molecule has 0 aliphatic carbocycles. The van der Waals surface area contributed by atoms with Gasteiger partial charge >= 0.3 is 5.97 Å². The van der Waals surface area contributed by atoms with E-state index >= 15 is 0 Å². The van der Waals surface area contributed by atoms with Gasteiger partial charge in [-0.2, -0.15) is 0 Å². The third-order valence-corrected chi connectivity index (χ3v) is 1.70. The van der Waals surface area contributed by atoms with Gasteiger partial charge in [-0.1, -0.05) is 25.2 Å². The lowest BCUT2D eigenvalue weighted by molar-refractivity contribution is -0.142. The minimum atomic E-state index is -0.133. The number of hydrogen-bond acceptors (Lipinski definition) is 2. The zero-order valence-electron chi connectivity index (χ0n) is 9.00. The van der Waals surface area contributed by atoms with Crippen LogP contribution in [0.25, 0.3) is 0 Å². The fraction of sp³-hybridized carbons (Fsp3) is 0.583. The van der Waals surface area contributed by atoms with Crippen LogP contribution < -0.4 is 0 Å². The van der Waals surface area contributed by atoms with E-state index in [4.69, 9.17) is 4.74 Å². The van der Waals surface area contributed by atoms with E-state index in [1.54, 1.807) is 0 Å². The Balaban J connectivity index is 3.31. The molecule has 0 saturated heterocycles. The van der Waals surface area contributed by atoms with Crippen molar-refractivity contribution < 1.29 is 9.53 Å². The number of rotatable bonds is 8. The zero-order valence-corrected chi connectivity index (χ0v) is 9.00. The minimum absolute atomic E-state index is 0.133. The minimum Gasteiger partial charge on any atom is -0.465 e. The van der Waals surface area contributed by atoms with Crippen molar-refractivity contribution in [3.8, 4) is 0 Å². The summed E-state index contributed by atoms with van der Waals surface area (Å²) >= 11 is 0. The lowest BCUT2D eigenvalue weighted by Gasteiger charge is -1.98. The Kier molecular flexibility index (Phi) is 9.28. The highest BCUT2D eigenvalue weighted by Crippen LogP contribution is 1.98. The van der Waals surface area contributed by atoms with Crippen LogP contribution in [-0.4, -0.2) is 12.6 Å². The van der Waals surface area contributed by atoms with Crippen LogP contribution in [0.2, 0.25) is 0 Å². The normalized spacial score (nSPS) is 10.4. The molecule has 0 aliphatic rings. The molecule has 0 fully saturated rings. The van der Waals surface area contributed by atoms with Crippen molar-refractivity contribution in [1.29, 1.82) is 0 Å². The molecule has 0 bridgehead atoms. The van der Waals surface area contributed by atoms with Gasteiger partial charge in [-0.05, 0) is 25.7 Å². The van der Waals surface area contributed by atoms with E-state index in [-0.39, 0.29) is 5.97 Å². The number of unbranched alkanes of at least 4 members (excludes halogenated alkanes) is 2. The van der Waals surface area contributed by atoms with Crippen LogP contribution in [0, 0.1) is 0 Å². The van der Waals surface area contributed by atoms with Gasteiger partial charge in [0.1, 0.15) is 0 Å². The molecule has 0 saturated carbocycles. The van der Waals surface area contributed by atoms with Gasteiger partial charge in [-0.25, -0.2) is 0 Å². The lowest BCUT2D eigenvalue weighted by atomic mass is 10.2. The molecular formula is C12H20O2. The first kappa shape index (κ1) is 12.9. The van der Waals surface area contributed by atoms with E-state index in [1.807, 2.05) is 25.2 Å². The summed E-state index contributed by atoms with van der Waals surface area (Å²) in [6.45, 7) is 6.16. The van der Waals surface area contributed by atoms with Crippen LogP contribution in [-0.2, 0) is 9.53 Å². The number of hydrogen-bond donors (Lipinski definition) is 0. The summed E-state index contributed by atoms with van der Waals surface area (Å²) in [6, 6.07) is 0. The van der Waals surface area contributed by atoms with E-state index in [2.05, 4.69) is 6.58 Å². The predicted molar refractivity (Wildman–Crippen MR) is 59.1 cm³/mol. The Bertz CT molecular complexity index is 183. The molecule has 0 aromatic heterocycles. The second kappa shape index (κ2) is 10.0. The maximum Gasteiger partial charge on any atom is 0.309 e. The van der Waals surface area contributed by atoms with Gasteiger partial charge in [0.05, 0.1) is 13.0 Å². The number of esters is 1. The molecule has 0 rings (SSSR count). The Hall–Kier alpha value is -1.05. The highest BCUT2D eigenvalue weighted by atomic mass is 16.5. The standard InChI is InChI=1S/C12H20O2/c1-3-5-6-7-8-9-10-12(13)14-11-4-2/h3,8-9H,1,4-7,10-11H2,2H3/b9-8+. The average molecular weight is 196 g/mol. The van der Waals surface area contributed by atoms with Crippen molar-refractivity contribution in [3.63, 3.8) is 0 Å². The van der Waals surface area contributed by atoms with E-state index in [9.17, 15) is 4.79 Å². The van der Waals surface area contributed by atoms with Gasteiger partial charge in [-0.15, -0.1) is 6.58 Å². The van der Waals surface area contributed by atoms with Gasteiger partial charge in [0.2, 0.25) is 0 Å². The van der Waals surface area contributed by atoms with Crippen LogP contribution in [0.3, 0.4) is 0 Å². The molecular weight excluding hydrogens is 176 g/mol. The molecule has 0 unspecified atom stereocenters. The summed E-state index contributed by atoms with van der Waals surface area (Å²) in [7, 11) is 0. The zero-order chi connectivity index (χ0) is 10.6. The van der Waals surface area contributed by atoms with Crippen molar-refractivity contribution >= 4 is 5.97 Å². The molecule has 2 heteroatoms. The van der Waals surface area contributed by atoms with Gasteiger partial charge in [0, 0.05) is 0 Å². The largest absolute Gasteiger partial charge is 0.465 e. The molecule has 0 radical (unpaired) electrons. The van der Waals surface area contributed by atoms with Gasteiger partial charge in [-0.3, -0.25) is 4.79 Å². The molecule has 0 aromatic rings. The average Bonchev–Trinajstić information content (AvgIpc) is 2.20. The van der Waals surface area contributed by atoms with Crippen LogP contribution in [0.15, 0.2) is 24.8 Å². The SMILES string of the molecule is C=CCCC/C=C/CC(=O)OCCC. The summed E-state index contributed by atoms with van der Waals surface area (Å²) in [5, 5.41) is 0. The predicted octanol–water partition coefficient (Wildman–Crippen LogP) is 3.24. The fourth-order valence-electron chi connectivity index (χ4n) is 0.952. The molecule has 0 aliphatic heterocycles. The maximum absolute atomic E-state index is 11.0. The summed E-state index contributed by atoms with van der Waals surface area (Å²) in [5.74, 6) is -0.133. The van der Waals surface area contributed by atoms with Crippen molar-refractivity contribution in [1.82, 2.24) is 0 Å². The van der Waals surface area contributed by atoms with Crippen molar-refractivity contribution in [2.45, 2.75) is 39.0 Å². The maximum atomic E-state index is 11.0. The molecule has 0 aromatic carbocycles. The van der Waals surface area contributed by atoms with E-state index in [0.717, 1.165) is 25.7 Å². The summed E-state index contributed by atoms with van der Waals surface area (Å²) < 4.78 is 4.91. The van der Waals surface area contributed by atoms with E-state index < -0.39 is 0 Å². The van der Waals surface area contributed by atoms with Crippen molar-refractivity contribution in [2.24, 2.45) is 0 Å². The number of allylic oxidation sites excluding steroid dienone is 2. The number of ether oxygens (including phenoxy) is 1. The molecule has 2 nitrogen and oxygen atoms in total. The Morgan fingerprint density at radius 2 is 2.14 bits per heavy atom. The first-order valence-electron chi connectivity index (χ1n) is 5.22. The lowest BCUT2D eigenvalue weighted by Crippen LogP contribution is -2.03. The molecule has 14 heavy (non-hydrogen) atoms. The monoisotopic (exact) mass is 196 g/mol. The number of carbonyl (C=O) groups excluding carboxylic acids is 1. The van der Waals surface area contributed by atoms with Gasteiger partial charge < -0.3 is 4.74 Å². The molecule has 0 heterocycles. The molecule has 80 valence electrons. The number of carbonyl (C=O) groups is 1. The molecule has 0 atom stereocenters. The summed E-state index contributed by atoms with van der Waals surface area (Å²) in [4.78, 5) is 11.0. The first-order chi connectivity index (χ1) is 6.81. The first-order valence-corrected chi connectivity index (χ1v) is 5.22. The third-order valence-electron chi connectivity index (χ3n) is 1.70. The Morgan fingerprint density at radius 3 is 2.79 bits per heavy atom. The van der Waals surface area contributed by atoms with Crippen molar-refractivity contribution in [3.05, 3.63) is 24.8 Å². The van der Waals surface area contributed by atoms with Crippen molar-refractivity contribution in [2.75, 3.05) is 6.61 Å². The van der Waals surface area contributed by atoms with Crippen LogP contribution in [0.1, 0.15) is 39.0 Å². The molecule has 0 N–H and O–H groups in total. The highest BCUT2D eigenvalue weighted by molar-refractivity contribution is 5.71. The van der Waals surface area contributed by atoms with Crippen LogP contribution in [0.4, 0.5) is 0 Å². The summed E-state index contributed by atoms with van der Waals surface area (Å²) in [6.07, 6.45) is 10.2.